The molecule has 6 rings (SSSR count). The molecule has 2 N–H and O–H groups in total. The molecule has 1 aliphatic heterocycles. The van der Waals surface area contributed by atoms with Crippen LogP contribution >= 0.6 is 11.6 Å². The van der Waals surface area contributed by atoms with E-state index in [4.69, 9.17) is 21.1 Å². The van der Waals surface area contributed by atoms with Crippen molar-refractivity contribution in [2.24, 2.45) is 0 Å². The molecule has 0 spiro atoms. The van der Waals surface area contributed by atoms with Gasteiger partial charge in [-0.3, -0.25) is 23.5 Å². The van der Waals surface area contributed by atoms with Gasteiger partial charge in [-0.15, -0.1) is 0 Å². The van der Waals surface area contributed by atoms with Gasteiger partial charge in [0.25, 0.3) is 11.5 Å². The number of amides is 2. The molecule has 216 valence electrons. The van der Waals surface area contributed by atoms with Crippen LogP contribution in [0.1, 0.15) is 48.0 Å². The van der Waals surface area contributed by atoms with E-state index in [-0.39, 0.29) is 36.2 Å². The van der Waals surface area contributed by atoms with E-state index >= 15 is 0 Å². The van der Waals surface area contributed by atoms with Crippen LogP contribution in [0.5, 0.6) is 11.5 Å². The summed E-state index contributed by atoms with van der Waals surface area (Å²) in [4.78, 5) is 53.8. The number of halogens is 1. The van der Waals surface area contributed by atoms with Crippen LogP contribution in [0.25, 0.3) is 10.9 Å². The van der Waals surface area contributed by atoms with Crippen molar-refractivity contribution in [2.75, 3.05) is 12.1 Å². The van der Waals surface area contributed by atoms with Gasteiger partial charge >= 0.3 is 5.69 Å². The molecule has 42 heavy (non-hydrogen) atoms. The number of nitrogens with zero attached hydrogens (tertiary/aromatic N) is 2. The molecule has 1 saturated carbocycles. The first-order chi connectivity index (χ1) is 20.4. The summed E-state index contributed by atoms with van der Waals surface area (Å²) in [5.74, 6) is 0.330. The van der Waals surface area contributed by atoms with E-state index in [1.54, 1.807) is 48.5 Å². The molecule has 2 heterocycles. The summed E-state index contributed by atoms with van der Waals surface area (Å²) in [5, 5.41) is 6.47. The van der Waals surface area contributed by atoms with Crippen LogP contribution in [0.2, 0.25) is 5.02 Å². The second-order valence-electron chi connectivity index (χ2n) is 10.5. The Morgan fingerprint density at radius 1 is 0.905 bits per heavy atom. The summed E-state index contributed by atoms with van der Waals surface area (Å²) in [6, 6.07) is 16.5. The Labute approximate surface area is 245 Å². The van der Waals surface area contributed by atoms with Crippen LogP contribution in [0.4, 0.5) is 5.69 Å². The lowest BCUT2D eigenvalue weighted by Crippen LogP contribution is -2.42. The highest BCUT2D eigenvalue weighted by Crippen LogP contribution is 2.32. The van der Waals surface area contributed by atoms with Crippen molar-refractivity contribution in [3.63, 3.8) is 0 Å². The van der Waals surface area contributed by atoms with Gasteiger partial charge in [-0.2, -0.15) is 0 Å². The van der Waals surface area contributed by atoms with E-state index in [0.717, 1.165) is 36.7 Å². The molecule has 0 bridgehead atoms. The average molecular weight is 589 g/mol. The Bertz CT molecular complexity index is 1810. The first-order valence-electron chi connectivity index (χ1n) is 13.9. The number of nitrogens with one attached hydrogen (secondary N) is 2. The predicted molar refractivity (Wildman–Crippen MR) is 159 cm³/mol. The van der Waals surface area contributed by atoms with E-state index < -0.39 is 23.7 Å². The Morgan fingerprint density at radius 3 is 2.52 bits per heavy atom. The minimum Gasteiger partial charge on any atom is -0.454 e. The van der Waals surface area contributed by atoms with Crippen molar-refractivity contribution < 1.29 is 19.1 Å². The van der Waals surface area contributed by atoms with Gasteiger partial charge in [0.2, 0.25) is 12.7 Å². The fraction of sp³-hybridized carbons (Fsp3) is 0.290. The maximum atomic E-state index is 13.9. The van der Waals surface area contributed by atoms with E-state index in [0.29, 0.717) is 33.3 Å². The summed E-state index contributed by atoms with van der Waals surface area (Å²) >= 11 is 6.06. The van der Waals surface area contributed by atoms with Crippen molar-refractivity contribution in [1.29, 1.82) is 0 Å². The van der Waals surface area contributed by atoms with E-state index in [1.165, 1.54) is 16.7 Å². The molecule has 0 radical (unpaired) electrons. The number of ether oxygens (including phenoxy) is 2. The lowest BCUT2D eigenvalue weighted by atomic mass is 9.95. The highest BCUT2D eigenvalue weighted by molar-refractivity contribution is 6.30. The van der Waals surface area contributed by atoms with Gasteiger partial charge in [-0.05, 0) is 66.9 Å². The van der Waals surface area contributed by atoms with Crippen LogP contribution < -0.4 is 31.4 Å². The summed E-state index contributed by atoms with van der Waals surface area (Å²) in [6.07, 6.45) is 5.11. The maximum absolute atomic E-state index is 13.9. The molecule has 3 aromatic carbocycles. The van der Waals surface area contributed by atoms with Crippen LogP contribution in [0, 0.1) is 0 Å². The first kappa shape index (κ1) is 27.6. The van der Waals surface area contributed by atoms with Gasteiger partial charge < -0.3 is 20.1 Å². The highest BCUT2D eigenvalue weighted by atomic mass is 35.5. The van der Waals surface area contributed by atoms with Gasteiger partial charge in [0.05, 0.1) is 17.4 Å². The Hall–Kier alpha value is -4.57. The number of rotatable bonds is 7. The summed E-state index contributed by atoms with van der Waals surface area (Å²) in [5.41, 5.74) is 0.408. The van der Waals surface area contributed by atoms with E-state index in [2.05, 4.69) is 10.6 Å². The van der Waals surface area contributed by atoms with Gasteiger partial charge in [-0.1, -0.05) is 43.0 Å². The zero-order valence-electron chi connectivity index (χ0n) is 22.7. The second kappa shape index (κ2) is 11.7. The fourth-order valence-corrected chi connectivity index (χ4v) is 5.69. The van der Waals surface area contributed by atoms with Crippen molar-refractivity contribution in [3.05, 3.63) is 97.7 Å². The molecule has 10 nitrogen and oxygen atoms in total. The minimum atomic E-state index is -0.684. The van der Waals surface area contributed by atoms with Crippen LogP contribution in [-0.2, 0) is 17.9 Å². The molecule has 0 unspecified atom stereocenters. The molecule has 2 amide bonds. The summed E-state index contributed by atoms with van der Waals surface area (Å²) in [6.45, 7) is -0.346. The molecule has 4 aromatic rings. The van der Waals surface area contributed by atoms with Crippen LogP contribution in [-0.4, -0.2) is 33.8 Å². The summed E-state index contributed by atoms with van der Waals surface area (Å²) in [7, 11) is 0. The van der Waals surface area contributed by atoms with Crippen molar-refractivity contribution in [3.8, 4) is 11.5 Å². The predicted octanol–water partition coefficient (Wildman–Crippen LogP) is 4.29. The zero-order chi connectivity index (χ0) is 29.2. The topological polar surface area (TPSA) is 121 Å². The number of hydrogen-bond donors (Lipinski definition) is 2. The summed E-state index contributed by atoms with van der Waals surface area (Å²) < 4.78 is 13.1. The smallest absolute Gasteiger partial charge is 0.332 e. The number of aromatic nitrogens is 2. The molecule has 1 aliphatic carbocycles. The van der Waals surface area contributed by atoms with Crippen molar-refractivity contribution in [2.45, 2.75) is 51.2 Å². The molecule has 0 saturated heterocycles. The monoisotopic (exact) mass is 588 g/mol. The number of hydrogen-bond acceptors (Lipinski definition) is 6. The Morgan fingerprint density at radius 2 is 1.71 bits per heavy atom. The van der Waals surface area contributed by atoms with Crippen LogP contribution in [0.15, 0.2) is 70.3 Å². The quantitative estimate of drug-likeness (QED) is 0.332. The highest BCUT2D eigenvalue weighted by Gasteiger charge is 2.21. The number of anilines is 1. The molecular formula is C31H29ClN4O6. The normalized spacial score (nSPS) is 14.6. The van der Waals surface area contributed by atoms with Gasteiger partial charge in [0, 0.05) is 22.3 Å². The lowest BCUT2D eigenvalue weighted by molar-refractivity contribution is -0.116. The van der Waals surface area contributed by atoms with E-state index in [1.807, 2.05) is 0 Å². The van der Waals surface area contributed by atoms with Gasteiger partial charge in [0.1, 0.15) is 6.54 Å². The standard InChI is InChI=1S/C31H29ClN4O6/c32-21-5-4-8-23(15-21)33-28(37)17-35-25-14-20(29(38)34-22-6-2-1-3-7-22)10-11-24(25)30(39)36(31(35)40)16-19-9-12-26-27(13-19)42-18-41-26/h4-5,8-15,22H,1-3,6-7,16-18H2,(H,33,37)(H,34,38). The molecule has 1 fully saturated rings. The maximum Gasteiger partial charge on any atom is 0.332 e. The largest absolute Gasteiger partial charge is 0.454 e. The number of carbonyl (C=O) groups excluding carboxylic acids is 2. The van der Waals surface area contributed by atoms with Crippen molar-refractivity contribution >= 4 is 40.0 Å². The Kier molecular flexibility index (Phi) is 7.71. The molecule has 11 heteroatoms. The fourth-order valence-electron chi connectivity index (χ4n) is 5.50. The molecular weight excluding hydrogens is 560 g/mol. The minimum absolute atomic E-state index is 0.0515. The third-order valence-electron chi connectivity index (χ3n) is 7.62. The number of benzene rings is 3. The molecule has 2 aliphatic rings. The van der Waals surface area contributed by atoms with Gasteiger partial charge in [-0.25, -0.2) is 4.79 Å². The SMILES string of the molecule is O=C(Cn1c(=O)n(Cc2ccc3c(c2)OCO3)c(=O)c2ccc(C(=O)NC3CCCCC3)cc21)Nc1cccc(Cl)c1. The zero-order valence-corrected chi connectivity index (χ0v) is 23.5. The number of fused-ring (bicyclic) bond motifs is 2. The molecule has 1 aromatic heterocycles. The Balaban J connectivity index is 1.39. The molecule has 0 atom stereocenters. The van der Waals surface area contributed by atoms with Gasteiger partial charge in [0.15, 0.2) is 11.5 Å². The number of carbonyl (C=O) groups is 2. The average Bonchev–Trinajstić information content (AvgIpc) is 3.46. The first-order valence-corrected chi connectivity index (χ1v) is 14.3. The third kappa shape index (κ3) is 5.75. The third-order valence-corrected chi connectivity index (χ3v) is 7.85. The van der Waals surface area contributed by atoms with Crippen molar-refractivity contribution in [1.82, 2.24) is 14.5 Å². The second-order valence-corrected chi connectivity index (χ2v) is 11.0. The van der Waals surface area contributed by atoms with E-state index in [9.17, 15) is 19.2 Å². The van der Waals surface area contributed by atoms with Crippen LogP contribution in [0.3, 0.4) is 0 Å². The lowest BCUT2D eigenvalue weighted by Gasteiger charge is -2.23.